The maximum absolute atomic E-state index is 5.97. The zero-order valence-corrected chi connectivity index (χ0v) is 14.0. The highest BCUT2D eigenvalue weighted by molar-refractivity contribution is 7.10. The van der Waals surface area contributed by atoms with Crippen LogP contribution in [0.4, 0.5) is 0 Å². The van der Waals surface area contributed by atoms with Gasteiger partial charge in [0.1, 0.15) is 11.2 Å². The molecule has 1 unspecified atom stereocenters. The van der Waals surface area contributed by atoms with E-state index in [4.69, 9.17) is 10.5 Å². The molecule has 0 amide bonds. The summed E-state index contributed by atoms with van der Waals surface area (Å²) in [6.45, 7) is 3.67. The molecule has 2 atom stereocenters. The van der Waals surface area contributed by atoms with Gasteiger partial charge in [-0.3, -0.25) is 0 Å². The first-order valence-corrected chi connectivity index (χ1v) is 8.86. The molecule has 0 spiro atoms. The fraction of sp³-hybridized carbons (Fsp3) is 0.500. The minimum absolute atomic E-state index is 0.0216. The molecule has 3 aliphatic rings. The van der Waals surface area contributed by atoms with Crippen LogP contribution in [0.1, 0.15) is 31.2 Å². The normalized spacial score (nSPS) is 28.0. The lowest BCUT2D eigenvalue weighted by molar-refractivity contribution is 0.0253. The predicted molar refractivity (Wildman–Crippen MR) is 91.6 cm³/mol. The molecule has 1 aromatic heterocycles. The molecule has 0 saturated carbocycles. The molecule has 4 rings (SSSR count). The summed E-state index contributed by atoms with van der Waals surface area (Å²) in [6, 6.07) is 0.335. The van der Waals surface area contributed by atoms with Gasteiger partial charge in [-0.2, -0.15) is 0 Å². The van der Waals surface area contributed by atoms with Crippen molar-refractivity contribution >= 4 is 22.9 Å². The molecule has 23 heavy (non-hydrogen) atoms. The highest BCUT2D eigenvalue weighted by Gasteiger charge is 2.35. The summed E-state index contributed by atoms with van der Waals surface area (Å²) in [5.41, 5.74) is 9.59. The number of aromatic nitrogens is 1. The van der Waals surface area contributed by atoms with Crippen LogP contribution in [-0.2, 0) is 4.74 Å². The van der Waals surface area contributed by atoms with Crippen LogP contribution in [0, 0.1) is 0 Å². The van der Waals surface area contributed by atoms with Crippen molar-refractivity contribution in [1.82, 2.24) is 15.2 Å². The Morgan fingerprint density at radius 2 is 2.39 bits per heavy atom. The van der Waals surface area contributed by atoms with Crippen LogP contribution < -0.4 is 11.1 Å². The van der Waals surface area contributed by atoms with Crippen molar-refractivity contribution in [2.75, 3.05) is 13.2 Å². The van der Waals surface area contributed by atoms with Crippen molar-refractivity contribution in [3.8, 4) is 0 Å². The van der Waals surface area contributed by atoms with Gasteiger partial charge in [0.25, 0.3) is 0 Å². The van der Waals surface area contributed by atoms with Gasteiger partial charge in [0, 0.05) is 42.1 Å². The number of allylic oxidation sites excluding steroid dienone is 2. The van der Waals surface area contributed by atoms with E-state index in [1.54, 1.807) is 11.3 Å². The van der Waals surface area contributed by atoms with E-state index >= 15 is 0 Å². The number of aliphatic imine (C=N–C) groups is 1. The highest BCUT2D eigenvalue weighted by atomic mass is 32.1. The number of nitrogens with zero attached hydrogens (tertiary/aromatic N) is 3. The quantitative estimate of drug-likeness (QED) is 0.865. The summed E-state index contributed by atoms with van der Waals surface area (Å²) in [5.74, 6) is 0.490. The number of nitrogens with two attached hydrogens (primary N) is 1. The molecule has 6 nitrogen and oxygen atoms in total. The minimum Gasteiger partial charge on any atom is -0.379 e. The monoisotopic (exact) mass is 331 g/mol. The Bertz CT molecular complexity index is 673. The van der Waals surface area contributed by atoms with Gasteiger partial charge in [0.2, 0.25) is 0 Å². The van der Waals surface area contributed by atoms with Crippen molar-refractivity contribution < 1.29 is 4.74 Å². The Balaban J connectivity index is 1.75. The van der Waals surface area contributed by atoms with Crippen LogP contribution in [0.15, 0.2) is 34.0 Å². The summed E-state index contributed by atoms with van der Waals surface area (Å²) in [7, 11) is 0. The number of guanidine groups is 1. The lowest BCUT2D eigenvalue weighted by Crippen LogP contribution is -2.50. The molecule has 1 fully saturated rings. The molecular weight excluding hydrogens is 310 g/mol. The Kier molecular flexibility index (Phi) is 3.82. The number of ether oxygens (including phenoxy) is 1. The first kappa shape index (κ1) is 14.7. The molecular formula is C16H21N5OS. The topological polar surface area (TPSA) is 75.8 Å². The maximum atomic E-state index is 5.97. The van der Waals surface area contributed by atoms with E-state index in [0.29, 0.717) is 12.0 Å². The van der Waals surface area contributed by atoms with Crippen molar-refractivity contribution in [3.05, 3.63) is 34.1 Å². The smallest absolute Gasteiger partial charge is 0.195 e. The van der Waals surface area contributed by atoms with Gasteiger partial charge >= 0.3 is 0 Å². The van der Waals surface area contributed by atoms with Gasteiger partial charge in [-0.25, -0.2) is 9.98 Å². The lowest BCUT2D eigenvalue weighted by Gasteiger charge is -2.43. The number of hydrogen-bond acceptors (Lipinski definition) is 7. The van der Waals surface area contributed by atoms with Gasteiger partial charge < -0.3 is 20.7 Å². The number of nitrogens with one attached hydrogen (secondary N) is 1. The average molecular weight is 331 g/mol. The maximum Gasteiger partial charge on any atom is 0.195 e. The van der Waals surface area contributed by atoms with Gasteiger partial charge in [-0.1, -0.05) is 0 Å². The van der Waals surface area contributed by atoms with Crippen LogP contribution in [-0.4, -0.2) is 41.3 Å². The van der Waals surface area contributed by atoms with E-state index < -0.39 is 0 Å². The SMILES string of the molecule is CC1=C2CC(c3nccs3)=CN([C@H]3CCCOC3)C2N=C(N)N1. The Morgan fingerprint density at radius 1 is 1.48 bits per heavy atom. The molecule has 4 heterocycles. The third-order valence-electron chi connectivity index (χ3n) is 4.60. The van der Waals surface area contributed by atoms with Crippen LogP contribution >= 0.6 is 11.3 Å². The van der Waals surface area contributed by atoms with E-state index in [1.165, 1.54) is 11.1 Å². The molecule has 0 aliphatic carbocycles. The first-order chi connectivity index (χ1) is 11.2. The van der Waals surface area contributed by atoms with E-state index in [-0.39, 0.29) is 6.17 Å². The second-order valence-corrected chi connectivity index (χ2v) is 7.04. The van der Waals surface area contributed by atoms with E-state index in [9.17, 15) is 0 Å². The van der Waals surface area contributed by atoms with E-state index in [0.717, 1.165) is 43.2 Å². The molecule has 0 aromatic carbocycles. The number of thiazole rings is 1. The second kappa shape index (κ2) is 5.98. The van der Waals surface area contributed by atoms with Crippen LogP contribution in [0.2, 0.25) is 0 Å². The van der Waals surface area contributed by atoms with E-state index in [2.05, 4.69) is 33.3 Å². The molecule has 122 valence electrons. The standard InChI is InChI=1S/C16H21N5OS/c1-10-13-7-11(15-18-4-6-23-15)8-21(12-3-2-5-22-9-12)14(13)20-16(17)19-10/h4,6,8,12,14H,2-3,5,7,9H2,1H3,(H3,17,19,20)/t12-,14?/m0/s1. The third kappa shape index (κ3) is 2.74. The van der Waals surface area contributed by atoms with Gasteiger partial charge in [0.05, 0.1) is 12.6 Å². The van der Waals surface area contributed by atoms with Crippen LogP contribution in [0.3, 0.4) is 0 Å². The van der Waals surface area contributed by atoms with Crippen molar-refractivity contribution in [1.29, 1.82) is 0 Å². The Hall–Kier alpha value is -1.86. The zero-order valence-electron chi connectivity index (χ0n) is 13.2. The fourth-order valence-electron chi connectivity index (χ4n) is 3.46. The molecule has 1 aromatic rings. The summed E-state index contributed by atoms with van der Waals surface area (Å²) < 4.78 is 5.70. The average Bonchev–Trinajstić information content (AvgIpc) is 3.09. The lowest BCUT2D eigenvalue weighted by atomic mass is 9.94. The fourth-order valence-corrected chi connectivity index (χ4v) is 4.11. The van der Waals surface area contributed by atoms with Gasteiger partial charge in [-0.05, 0) is 25.3 Å². The molecule has 7 heteroatoms. The summed E-state index contributed by atoms with van der Waals surface area (Å²) in [6.07, 6.45) is 7.13. The molecule has 3 N–H and O–H groups in total. The molecule has 0 bridgehead atoms. The minimum atomic E-state index is -0.0216. The first-order valence-electron chi connectivity index (χ1n) is 7.98. The number of rotatable bonds is 2. The van der Waals surface area contributed by atoms with E-state index in [1.807, 2.05) is 11.6 Å². The highest BCUT2D eigenvalue weighted by Crippen LogP contribution is 2.37. The number of fused-ring (bicyclic) bond motifs is 1. The van der Waals surface area contributed by atoms with Crippen molar-refractivity contribution in [2.24, 2.45) is 10.7 Å². The molecule has 0 radical (unpaired) electrons. The Morgan fingerprint density at radius 3 is 3.13 bits per heavy atom. The van der Waals surface area contributed by atoms with Crippen LogP contribution in [0.5, 0.6) is 0 Å². The van der Waals surface area contributed by atoms with Crippen molar-refractivity contribution in [2.45, 2.75) is 38.4 Å². The third-order valence-corrected chi connectivity index (χ3v) is 5.45. The second-order valence-electron chi connectivity index (χ2n) is 6.15. The molecule has 1 saturated heterocycles. The Labute approximate surface area is 139 Å². The number of hydrogen-bond donors (Lipinski definition) is 2. The van der Waals surface area contributed by atoms with Gasteiger partial charge in [0.15, 0.2) is 5.96 Å². The molecule has 3 aliphatic heterocycles. The van der Waals surface area contributed by atoms with Gasteiger partial charge in [-0.15, -0.1) is 11.3 Å². The van der Waals surface area contributed by atoms with Crippen LogP contribution in [0.25, 0.3) is 5.57 Å². The zero-order chi connectivity index (χ0) is 15.8. The summed E-state index contributed by atoms with van der Waals surface area (Å²) >= 11 is 1.68. The summed E-state index contributed by atoms with van der Waals surface area (Å²) in [4.78, 5) is 11.5. The van der Waals surface area contributed by atoms with Crippen molar-refractivity contribution in [3.63, 3.8) is 0 Å². The largest absolute Gasteiger partial charge is 0.379 e. The predicted octanol–water partition coefficient (Wildman–Crippen LogP) is 1.89. The summed E-state index contributed by atoms with van der Waals surface area (Å²) in [5, 5.41) is 6.27.